The summed E-state index contributed by atoms with van der Waals surface area (Å²) in [6.07, 6.45) is 0.683. The number of carbonyl (C=O) groups excluding carboxylic acids is 1. The van der Waals surface area contributed by atoms with Crippen LogP contribution >= 0.6 is 0 Å². The molecule has 5 nitrogen and oxygen atoms in total. The highest BCUT2D eigenvalue weighted by Crippen LogP contribution is 2.25. The van der Waals surface area contributed by atoms with Crippen molar-refractivity contribution < 1.29 is 13.2 Å². The maximum Gasteiger partial charge on any atom is 0.255 e. The number of hydrogen-bond acceptors (Lipinski definition) is 3. The number of nitrogens with zero attached hydrogens (tertiary/aromatic N) is 1. The van der Waals surface area contributed by atoms with E-state index in [0.29, 0.717) is 30.8 Å². The van der Waals surface area contributed by atoms with Crippen LogP contribution in [0, 0.1) is 6.92 Å². The van der Waals surface area contributed by atoms with Crippen LogP contribution < -0.4 is 5.32 Å². The fraction of sp³-hybridized carbons (Fsp3) is 0.174. The van der Waals surface area contributed by atoms with Gasteiger partial charge >= 0.3 is 0 Å². The summed E-state index contributed by atoms with van der Waals surface area (Å²) in [6.45, 7) is 2.68. The van der Waals surface area contributed by atoms with Crippen molar-refractivity contribution in [2.24, 2.45) is 0 Å². The quantitative estimate of drug-likeness (QED) is 0.712. The van der Waals surface area contributed by atoms with E-state index in [1.807, 2.05) is 55.5 Å². The molecular formula is C23H22N2O3S. The number of fused-ring (bicyclic) bond motifs is 1. The summed E-state index contributed by atoms with van der Waals surface area (Å²) in [7, 11) is -3.69. The minimum Gasteiger partial charge on any atom is -0.322 e. The number of aryl methyl sites for hydroxylation is 1. The van der Waals surface area contributed by atoms with Crippen LogP contribution in [0.25, 0.3) is 0 Å². The summed E-state index contributed by atoms with van der Waals surface area (Å²) in [5, 5.41) is 2.85. The van der Waals surface area contributed by atoms with E-state index in [0.717, 1.165) is 11.1 Å². The molecular weight excluding hydrogens is 384 g/mol. The molecule has 0 fully saturated rings. The molecule has 29 heavy (non-hydrogen) atoms. The highest BCUT2D eigenvalue weighted by atomic mass is 32.2. The molecule has 1 heterocycles. The van der Waals surface area contributed by atoms with Crippen molar-refractivity contribution in [3.8, 4) is 0 Å². The van der Waals surface area contributed by atoms with E-state index < -0.39 is 10.0 Å². The summed E-state index contributed by atoms with van der Waals surface area (Å²) in [5.41, 5.74) is 4.17. The number of anilines is 1. The third-order valence-electron chi connectivity index (χ3n) is 5.22. The van der Waals surface area contributed by atoms with E-state index in [4.69, 9.17) is 0 Å². The van der Waals surface area contributed by atoms with Crippen LogP contribution in [0.15, 0.2) is 77.7 Å². The largest absolute Gasteiger partial charge is 0.322 e. The predicted octanol–water partition coefficient (Wildman–Crippen LogP) is 3.99. The Labute approximate surface area is 171 Å². The van der Waals surface area contributed by atoms with Crippen LogP contribution in [-0.4, -0.2) is 25.2 Å². The monoisotopic (exact) mass is 406 g/mol. The molecule has 0 spiro atoms. The summed E-state index contributed by atoms with van der Waals surface area (Å²) in [5.74, 6) is -0.333. The van der Waals surface area contributed by atoms with Crippen molar-refractivity contribution in [2.75, 3.05) is 11.9 Å². The number of benzene rings is 3. The van der Waals surface area contributed by atoms with Crippen LogP contribution in [0.4, 0.5) is 5.69 Å². The third kappa shape index (κ3) is 3.95. The van der Waals surface area contributed by atoms with E-state index >= 15 is 0 Å². The van der Waals surface area contributed by atoms with E-state index in [1.54, 1.807) is 18.2 Å². The molecule has 0 bridgehead atoms. The number of hydrogen-bond donors (Lipinski definition) is 1. The Morgan fingerprint density at radius 1 is 0.931 bits per heavy atom. The maximum absolute atomic E-state index is 13.2. The van der Waals surface area contributed by atoms with Crippen LogP contribution in [0.3, 0.4) is 0 Å². The first-order valence-corrected chi connectivity index (χ1v) is 10.9. The zero-order valence-corrected chi connectivity index (χ0v) is 16.9. The minimum atomic E-state index is -3.69. The summed E-state index contributed by atoms with van der Waals surface area (Å²) in [6, 6.07) is 21.6. The van der Waals surface area contributed by atoms with Gasteiger partial charge in [-0.3, -0.25) is 4.79 Å². The van der Waals surface area contributed by atoms with E-state index in [9.17, 15) is 13.2 Å². The van der Waals surface area contributed by atoms with Crippen molar-refractivity contribution in [1.82, 2.24) is 4.31 Å². The van der Waals surface area contributed by atoms with Gasteiger partial charge in [0, 0.05) is 24.3 Å². The number of amides is 1. The standard InChI is InChI=1S/C23H22N2O3S/c1-17-7-2-5-12-22(17)24-23(26)19-10-6-11-21(15-19)29(27,28)25-14-13-18-8-3-4-9-20(18)16-25/h2-12,15H,13-14,16H2,1H3,(H,24,26). The van der Waals surface area contributed by atoms with Crippen molar-refractivity contribution in [3.05, 3.63) is 95.1 Å². The molecule has 0 aliphatic carbocycles. The molecule has 6 heteroatoms. The molecule has 4 rings (SSSR count). The summed E-state index contributed by atoms with van der Waals surface area (Å²) < 4.78 is 27.8. The molecule has 3 aromatic carbocycles. The fourth-order valence-electron chi connectivity index (χ4n) is 3.53. The molecule has 0 saturated heterocycles. The summed E-state index contributed by atoms with van der Waals surface area (Å²) in [4.78, 5) is 12.8. The molecule has 0 aromatic heterocycles. The summed E-state index contributed by atoms with van der Waals surface area (Å²) >= 11 is 0. The van der Waals surface area contributed by atoms with Crippen molar-refractivity contribution >= 4 is 21.6 Å². The molecule has 1 aliphatic rings. The molecule has 1 aliphatic heterocycles. The SMILES string of the molecule is Cc1ccccc1NC(=O)c1cccc(S(=O)(=O)N2CCc3ccccc3C2)c1. The smallest absolute Gasteiger partial charge is 0.255 e. The Balaban J connectivity index is 1.58. The normalized spacial score (nSPS) is 14.2. The second-order valence-corrected chi connectivity index (χ2v) is 9.09. The lowest BCUT2D eigenvalue weighted by Gasteiger charge is -2.28. The zero-order valence-electron chi connectivity index (χ0n) is 16.1. The van der Waals surface area contributed by atoms with Gasteiger partial charge in [-0.15, -0.1) is 0 Å². The molecule has 3 aromatic rings. The second-order valence-electron chi connectivity index (χ2n) is 7.15. The van der Waals surface area contributed by atoms with Gasteiger partial charge in [-0.2, -0.15) is 4.31 Å². The number of para-hydroxylation sites is 1. The lowest BCUT2D eigenvalue weighted by atomic mass is 10.0. The lowest BCUT2D eigenvalue weighted by molar-refractivity contribution is 0.102. The number of rotatable bonds is 4. The zero-order chi connectivity index (χ0) is 20.4. The first-order chi connectivity index (χ1) is 13.9. The Bertz CT molecular complexity index is 1170. The second kappa shape index (κ2) is 7.81. The Hall–Kier alpha value is -2.96. The van der Waals surface area contributed by atoms with Gasteiger partial charge in [0.25, 0.3) is 5.91 Å². The van der Waals surface area contributed by atoms with Gasteiger partial charge in [-0.25, -0.2) is 8.42 Å². The van der Waals surface area contributed by atoms with Crippen LogP contribution in [-0.2, 0) is 23.0 Å². The first kappa shape index (κ1) is 19.4. The minimum absolute atomic E-state index is 0.134. The fourth-order valence-corrected chi connectivity index (χ4v) is 4.99. The average molecular weight is 407 g/mol. The molecule has 148 valence electrons. The topological polar surface area (TPSA) is 66.5 Å². The number of carbonyl (C=O) groups is 1. The van der Waals surface area contributed by atoms with Crippen LogP contribution in [0.2, 0.25) is 0 Å². The van der Waals surface area contributed by atoms with Crippen molar-refractivity contribution in [2.45, 2.75) is 24.8 Å². The van der Waals surface area contributed by atoms with Crippen molar-refractivity contribution in [3.63, 3.8) is 0 Å². The highest BCUT2D eigenvalue weighted by Gasteiger charge is 2.28. The van der Waals surface area contributed by atoms with E-state index in [2.05, 4.69) is 5.32 Å². The number of sulfonamides is 1. The van der Waals surface area contributed by atoms with Gasteiger partial charge in [-0.1, -0.05) is 48.5 Å². The van der Waals surface area contributed by atoms with Gasteiger partial charge in [0.05, 0.1) is 4.90 Å². The van der Waals surface area contributed by atoms with Crippen LogP contribution in [0.5, 0.6) is 0 Å². The molecule has 1 N–H and O–H groups in total. The third-order valence-corrected chi connectivity index (χ3v) is 7.06. The maximum atomic E-state index is 13.2. The van der Waals surface area contributed by atoms with Crippen LogP contribution in [0.1, 0.15) is 27.0 Å². The Morgan fingerprint density at radius 3 is 2.45 bits per heavy atom. The molecule has 1 amide bonds. The average Bonchev–Trinajstić information content (AvgIpc) is 2.75. The predicted molar refractivity (Wildman–Crippen MR) is 113 cm³/mol. The van der Waals surface area contributed by atoms with Gasteiger partial charge in [0.15, 0.2) is 0 Å². The number of nitrogens with one attached hydrogen (secondary N) is 1. The molecule has 0 radical (unpaired) electrons. The van der Waals surface area contributed by atoms with Gasteiger partial charge in [0.2, 0.25) is 10.0 Å². The Kier molecular flexibility index (Phi) is 5.22. The van der Waals surface area contributed by atoms with E-state index in [1.165, 1.54) is 15.9 Å². The first-order valence-electron chi connectivity index (χ1n) is 9.49. The van der Waals surface area contributed by atoms with Crippen molar-refractivity contribution in [1.29, 1.82) is 0 Å². The highest BCUT2D eigenvalue weighted by molar-refractivity contribution is 7.89. The van der Waals surface area contributed by atoms with E-state index in [-0.39, 0.29) is 10.8 Å². The molecule has 0 saturated carbocycles. The molecule has 0 atom stereocenters. The molecule has 0 unspecified atom stereocenters. The van der Waals surface area contributed by atoms with Gasteiger partial charge in [-0.05, 0) is 54.3 Å². The van der Waals surface area contributed by atoms with Gasteiger partial charge in [0.1, 0.15) is 0 Å². The van der Waals surface area contributed by atoms with Gasteiger partial charge < -0.3 is 5.32 Å². The lowest BCUT2D eigenvalue weighted by Crippen LogP contribution is -2.36. The Morgan fingerprint density at radius 2 is 1.66 bits per heavy atom.